The molecule has 0 aliphatic carbocycles. The van der Waals surface area contributed by atoms with Crippen LogP contribution in [0.25, 0.3) is 0 Å². The zero-order chi connectivity index (χ0) is 15.8. The predicted molar refractivity (Wildman–Crippen MR) is 90.9 cm³/mol. The number of benzene rings is 2. The summed E-state index contributed by atoms with van der Waals surface area (Å²) in [5.41, 5.74) is 3.52. The number of nitrogens with zero attached hydrogens (tertiary/aromatic N) is 2. The highest BCUT2D eigenvalue weighted by atomic mass is 16.3. The maximum Gasteiger partial charge on any atom is 0.260 e. The van der Waals surface area contributed by atoms with Gasteiger partial charge in [-0.05, 0) is 42.7 Å². The second-order valence-electron chi connectivity index (χ2n) is 6.25. The first-order chi connectivity index (χ1) is 11.3. The summed E-state index contributed by atoms with van der Waals surface area (Å²) >= 11 is 0. The predicted octanol–water partition coefficient (Wildman–Crippen LogP) is 2.81. The number of carbonyl (C=O) groups is 1. The molecule has 2 heterocycles. The van der Waals surface area contributed by atoms with Crippen molar-refractivity contribution < 1.29 is 9.90 Å². The van der Waals surface area contributed by atoms with Gasteiger partial charge in [-0.2, -0.15) is 0 Å². The second kappa shape index (κ2) is 5.70. The average molecular weight is 308 g/mol. The summed E-state index contributed by atoms with van der Waals surface area (Å²) in [6.07, 6.45) is 2.27. The van der Waals surface area contributed by atoms with Gasteiger partial charge in [0.1, 0.15) is 0 Å². The summed E-state index contributed by atoms with van der Waals surface area (Å²) in [6, 6.07) is 15.9. The van der Waals surface area contributed by atoms with Gasteiger partial charge in [0.2, 0.25) is 0 Å². The van der Waals surface area contributed by atoms with Gasteiger partial charge in [0, 0.05) is 30.5 Å². The zero-order valence-electron chi connectivity index (χ0n) is 13.0. The summed E-state index contributed by atoms with van der Waals surface area (Å²) in [4.78, 5) is 17.4. The Kier molecular flexibility index (Phi) is 3.54. The molecule has 4 rings (SSSR count). The van der Waals surface area contributed by atoms with Crippen LogP contribution >= 0.6 is 0 Å². The van der Waals surface area contributed by atoms with E-state index in [0.717, 1.165) is 41.9 Å². The standard InChI is InChI=1S/C19H20N2O2/c22-13-14-5-3-6-15(11-14)21-12-16-7-4-10-20(16)18-9-2-1-8-17(18)19(21)23/h1-3,5-6,8-9,11,16,22H,4,7,10,12-13H2. The van der Waals surface area contributed by atoms with Gasteiger partial charge < -0.3 is 14.9 Å². The third-order valence-corrected chi connectivity index (χ3v) is 4.86. The molecule has 2 aromatic carbocycles. The van der Waals surface area contributed by atoms with Crippen molar-refractivity contribution in [1.82, 2.24) is 0 Å². The molecule has 1 unspecified atom stereocenters. The molecule has 23 heavy (non-hydrogen) atoms. The Balaban J connectivity index is 1.81. The summed E-state index contributed by atoms with van der Waals surface area (Å²) in [5.74, 6) is 0.0464. The summed E-state index contributed by atoms with van der Waals surface area (Å²) in [7, 11) is 0. The van der Waals surface area contributed by atoms with Crippen molar-refractivity contribution in [3.05, 3.63) is 59.7 Å². The monoisotopic (exact) mass is 308 g/mol. The minimum absolute atomic E-state index is 0.0119. The van der Waals surface area contributed by atoms with E-state index >= 15 is 0 Å². The molecule has 2 aliphatic rings. The number of anilines is 2. The smallest absolute Gasteiger partial charge is 0.260 e. The number of amides is 1. The van der Waals surface area contributed by atoms with Gasteiger partial charge in [0.15, 0.2) is 0 Å². The van der Waals surface area contributed by atoms with E-state index in [1.807, 2.05) is 47.4 Å². The lowest BCUT2D eigenvalue weighted by Gasteiger charge is -2.27. The van der Waals surface area contributed by atoms with Gasteiger partial charge in [-0.15, -0.1) is 0 Å². The highest BCUT2D eigenvalue weighted by Crippen LogP contribution is 2.34. The van der Waals surface area contributed by atoms with Crippen molar-refractivity contribution >= 4 is 17.3 Å². The second-order valence-corrected chi connectivity index (χ2v) is 6.25. The molecule has 4 nitrogen and oxygen atoms in total. The van der Waals surface area contributed by atoms with Crippen molar-refractivity contribution in [3.63, 3.8) is 0 Å². The maximum atomic E-state index is 13.1. The Hall–Kier alpha value is -2.33. The minimum atomic E-state index is -0.0119. The van der Waals surface area contributed by atoms with Gasteiger partial charge in [-0.25, -0.2) is 0 Å². The number of hydrogen-bond acceptors (Lipinski definition) is 3. The number of aliphatic hydroxyl groups is 1. The minimum Gasteiger partial charge on any atom is -0.392 e. The normalized spacial score (nSPS) is 20.2. The van der Waals surface area contributed by atoms with Crippen LogP contribution in [0, 0.1) is 0 Å². The molecule has 1 amide bonds. The fraction of sp³-hybridized carbons (Fsp3) is 0.316. The molecule has 2 aliphatic heterocycles. The van der Waals surface area contributed by atoms with E-state index in [4.69, 9.17) is 0 Å². The Morgan fingerprint density at radius 1 is 1.13 bits per heavy atom. The lowest BCUT2D eigenvalue weighted by atomic mass is 10.1. The Morgan fingerprint density at radius 3 is 2.87 bits per heavy atom. The van der Waals surface area contributed by atoms with E-state index in [1.54, 1.807) is 0 Å². The lowest BCUT2D eigenvalue weighted by Crippen LogP contribution is -2.39. The van der Waals surface area contributed by atoms with Crippen LogP contribution in [0.3, 0.4) is 0 Å². The van der Waals surface area contributed by atoms with E-state index in [1.165, 1.54) is 0 Å². The van der Waals surface area contributed by atoms with Gasteiger partial charge in [-0.1, -0.05) is 24.3 Å². The van der Waals surface area contributed by atoms with Gasteiger partial charge in [0.25, 0.3) is 5.91 Å². The molecular formula is C19H20N2O2. The largest absolute Gasteiger partial charge is 0.392 e. The first kappa shape index (κ1) is 14.3. The molecule has 1 atom stereocenters. The quantitative estimate of drug-likeness (QED) is 0.928. The number of aliphatic hydroxyl groups excluding tert-OH is 1. The summed E-state index contributed by atoms with van der Waals surface area (Å²) in [5, 5.41) is 9.38. The molecule has 1 N–H and O–H groups in total. The molecule has 118 valence electrons. The van der Waals surface area contributed by atoms with Crippen molar-refractivity contribution in [1.29, 1.82) is 0 Å². The Morgan fingerprint density at radius 2 is 2.00 bits per heavy atom. The molecule has 2 aromatic rings. The fourth-order valence-electron chi connectivity index (χ4n) is 3.73. The Labute approximate surface area is 136 Å². The molecule has 0 saturated carbocycles. The molecule has 0 aromatic heterocycles. The maximum absolute atomic E-state index is 13.1. The Bertz CT molecular complexity index is 744. The number of hydrogen-bond donors (Lipinski definition) is 1. The highest BCUT2D eigenvalue weighted by molar-refractivity contribution is 6.10. The molecular weight excluding hydrogens is 288 g/mol. The highest BCUT2D eigenvalue weighted by Gasteiger charge is 2.35. The van der Waals surface area contributed by atoms with Crippen LogP contribution in [0.1, 0.15) is 28.8 Å². The summed E-state index contributed by atoms with van der Waals surface area (Å²) in [6.45, 7) is 1.70. The third-order valence-electron chi connectivity index (χ3n) is 4.86. The van der Waals surface area contributed by atoms with Gasteiger partial charge >= 0.3 is 0 Å². The van der Waals surface area contributed by atoms with Crippen LogP contribution in [0.2, 0.25) is 0 Å². The van der Waals surface area contributed by atoms with Crippen molar-refractivity contribution in [3.8, 4) is 0 Å². The molecule has 4 heteroatoms. The lowest BCUT2D eigenvalue weighted by molar-refractivity contribution is 0.0988. The van der Waals surface area contributed by atoms with E-state index in [2.05, 4.69) is 11.0 Å². The number of carbonyl (C=O) groups excluding carboxylic acids is 1. The molecule has 0 bridgehead atoms. The third kappa shape index (κ3) is 2.39. The van der Waals surface area contributed by atoms with E-state index < -0.39 is 0 Å². The molecule has 1 saturated heterocycles. The van der Waals surface area contributed by atoms with Crippen LogP contribution in [-0.4, -0.2) is 30.1 Å². The molecule has 0 spiro atoms. The summed E-state index contributed by atoms with van der Waals surface area (Å²) < 4.78 is 0. The van der Waals surface area contributed by atoms with Crippen molar-refractivity contribution in [2.75, 3.05) is 22.9 Å². The van der Waals surface area contributed by atoms with Gasteiger partial charge in [-0.3, -0.25) is 4.79 Å². The SMILES string of the molecule is O=C1c2ccccc2N2CCCC2CN1c1cccc(CO)c1. The fourth-order valence-corrected chi connectivity index (χ4v) is 3.73. The zero-order valence-corrected chi connectivity index (χ0v) is 13.0. The first-order valence-corrected chi connectivity index (χ1v) is 8.15. The van der Waals surface area contributed by atoms with Crippen molar-refractivity contribution in [2.45, 2.75) is 25.5 Å². The van der Waals surface area contributed by atoms with E-state index in [0.29, 0.717) is 12.6 Å². The van der Waals surface area contributed by atoms with Crippen molar-refractivity contribution in [2.24, 2.45) is 0 Å². The molecule has 1 fully saturated rings. The van der Waals surface area contributed by atoms with E-state index in [-0.39, 0.29) is 12.5 Å². The first-order valence-electron chi connectivity index (χ1n) is 8.15. The van der Waals surface area contributed by atoms with Gasteiger partial charge in [0.05, 0.1) is 12.2 Å². The van der Waals surface area contributed by atoms with Crippen LogP contribution in [0.4, 0.5) is 11.4 Å². The number of rotatable bonds is 2. The average Bonchev–Trinajstić information content (AvgIpc) is 3.03. The van der Waals surface area contributed by atoms with Crippen LogP contribution in [0.5, 0.6) is 0 Å². The number of fused-ring (bicyclic) bond motifs is 3. The topological polar surface area (TPSA) is 43.8 Å². The molecule has 0 radical (unpaired) electrons. The van der Waals surface area contributed by atoms with Crippen LogP contribution < -0.4 is 9.80 Å². The van der Waals surface area contributed by atoms with Crippen LogP contribution in [0.15, 0.2) is 48.5 Å². The van der Waals surface area contributed by atoms with Crippen LogP contribution in [-0.2, 0) is 6.61 Å². The number of para-hydroxylation sites is 1. The van der Waals surface area contributed by atoms with E-state index in [9.17, 15) is 9.90 Å².